The fourth-order valence-corrected chi connectivity index (χ4v) is 6.77. The van der Waals surface area contributed by atoms with Gasteiger partial charge in [0.2, 0.25) is 26.0 Å². The molecule has 0 aliphatic carbocycles. The second kappa shape index (κ2) is 9.82. The number of aryl methyl sites for hydroxylation is 2. The molecule has 2 aromatic rings. The van der Waals surface area contributed by atoms with Gasteiger partial charge in [-0.3, -0.25) is 9.10 Å². The second-order valence-electron chi connectivity index (χ2n) is 8.56. The highest BCUT2D eigenvalue weighted by Gasteiger charge is 2.30. The molecule has 1 atom stereocenters. The first-order valence-corrected chi connectivity index (χ1v) is 14.2. The Morgan fingerprint density at radius 1 is 0.939 bits per heavy atom. The number of amides is 1. The van der Waals surface area contributed by atoms with Gasteiger partial charge in [0.1, 0.15) is 6.04 Å². The maximum atomic E-state index is 12.9. The average molecular weight is 494 g/mol. The third kappa shape index (κ3) is 5.93. The standard InChI is InChI=1S/C23H31N3O5S2/c1-17-14-18(2)16-21(15-17)26(32(4,28)29)19(3)23(27)24-20-8-10-22(11-9-20)33(30,31)25-12-6-5-7-13-25/h8-11,14-16,19H,5-7,12-13H2,1-4H3,(H,24,27)/t19-/m0/s1. The van der Waals surface area contributed by atoms with Crippen LogP contribution < -0.4 is 9.62 Å². The lowest BCUT2D eigenvalue weighted by atomic mass is 10.1. The zero-order chi connectivity index (χ0) is 24.4. The van der Waals surface area contributed by atoms with E-state index in [1.807, 2.05) is 19.9 Å². The van der Waals surface area contributed by atoms with E-state index >= 15 is 0 Å². The minimum absolute atomic E-state index is 0.170. The normalized spacial score (nSPS) is 16.2. The predicted molar refractivity (Wildman–Crippen MR) is 130 cm³/mol. The Bertz CT molecular complexity index is 1200. The van der Waals surface area contributed by atoms with Crippen LogP contribution in [0.25, 0.3) is 0 Å². The first-order valence-electron chi connectivity index (χ1n) is 10.9. The summed E-state index contributed by atoms with van der Waals surface area (Å²) >= 11 is 0. The van der Waals surface area contributed by atoms with E-state index in [0.717, 1.165) is 41.0 Å². The van der Waals surface area contributed by atoms with Gasteiger partial charge in [0.25, 0.3) is 0 Å². The van der Waals surface area contributed by atoms with Crippen molar-refractivity contribution in [2.24, 2.45) is 0 Å². The Morgan fingerprint density at radius 3 is 2.00 bits per heavy atom. The molecular weight excluding hydrogens is 462 g/mol. The molecule has 1 aliphatic heterocycles. The highest BCUT2D eigenvalue weighted by molar-refractivity contribution is 7.92. The summed E-state index contributed by atoms with van der Waals surface area (Å²) in [6.07, 6.45) is 3.79. The topological polar surface area (TPSA) is 104 Å². The molecule has 1 amide bonds. The molecule has 3 rings (SSSR count). The van der Waals surface area contributed by atoms with Gasteiger partial charge >= 0.3 is 0 Å². The highest BCUT2D eigenvalue weighted by Crippen LogP contribution is 2.25. The lowest BCUT2D eigenvalue weighted by Crippen LogP contribution is -2.45. The van der Waals surface area contributed by atoms with Gasteiger partial charge in [-0.05, 0) is 81.1 Å². The fourth-order valence-electron chi connectivity index (χ4n) is 4.10. The molecule has 2 aromatic carbocycles. The van der Waals surface area contributed by atoms with Crippen molar-refractivity contribution in [2.75, 3.05) is 29.0 Å². The van der Waals surface area contributed by atoms with E-state index < -0.39 is 32.0 Å². The summed E-state index contributed by atoms with van der Waals surface area (Å²) in [6, 6.07) is 10.3. The molecule has 180 valence electrons. The molecule has 1 saturated heterocycles. The minimum atomic E-state index is -3.74. The van der Waals surface area contributed by atoms with Crippen molar-refractivity contribution in [1.29, 1.82) is 0 Å². The van der Waals surface area contributed by atoms with E-state index in [0.29, 0.717) is 24.5 Å². The third-order valence-electron chi connectivity index (χ3n) is 5.62. The van der Waals surface area contributed by atoms with Gasteiger partial charge in [0.15, 0.2) is 0 Å². The summed E-state index contributed by atoms with van der Waals surface area (Å²) in [5.74, 6) is -0.522. The number of carbonyl (C=O) groups excluding carboxylic acids is 1. The van der Waals surface area contributed by atoms with Gasteiger partial charge in [0, 0.05) is 18.8 Å². The van der Waals surface area contributed by atoms with Crippen LogP contribution >= 0.6 is 0 Å². The number of piperidine rings is 1. The van der Waals surface area contributed by atoms with Crippen molar-refractivity contribution in [3.8, 4) is 0 Å². The lowest BCUT2D eigenvalue weighted by Gasteiger charge is -2.29. The number of nitrogens with one attached hydrogen (secondary N) is 1. The number of nitrogens with zero attached hydrogens (tertiary/aromatic N) is 2. The van der Waals surface area contributed by atoms with Gasteiger partial charge in [-0.25, -0.2) is 16.8 Å². The van der Waals surface area contributed by atoms with E-state index in [9.17, 15) is 21.6 Å². The van der Waals surface area contributed by atoms with Gasteiger partial charge in [-0.2, -0.15) is 4.31 Å². The number of hydrogen-bond donors (Lipinski definition) is 1. The molecule has 1 heterocycles. The number of anilines is 2. The van der Waals surface area contributed by atoms with Gasteiger partial charge < -0.3 is 5.32 Å². The molecule has 33 heavy (non-hydrogen) atoms. The monoisotopic (exact) mass is 493 g/mol. The van der Waals surface area contributed by atoms with Crippen LogP contribution in [-0.4, -0.2) is 52.4 Å². The first-order chi connectivity index (χ1) is 15.4. The molecule has 1 N–H and O–H groups in total. The summed E-state index contributed by atoms with van der Waals surface area (Å²) < 4.78 is 53.3. The molecule has 1 fully saturated rings. The van der Waals surface area contributed by atoms with Crippen LogP contribution in [0, 0.1) is 13.8 Å². The van der Waals surface area contributed by atoms with E-state index in [4.69, 9.17) is 0 Å². The zero-order valence-corrected chi connectivity index (χ0v) is 21.0. The molecule has 0 saturated carbocycles. The van der Waals surface area contributed by atoms with E-state index in [2.05, 4.69) is 5.32 Å². The summed E-state index contributed by atoms with van der Waals surface area (Å²) in [5, 5.41) is 2.70. The fraction of sp³-hybridized carbons (Fsp3) is 0.435. The molecule has 0 aromatic heterocycles. The van der Waals surface area contributed by atoms with Crippen LogP contribution in [0.4, 0.5) is 11.4 Å². The van der Waals surface area contributed by atoms with Crippen LogP contribution in [-0.2, 0) is 24.8 Å². The van der Waals surface area contributed by atoms with E-state index in [1.165, 1.54) is 35.5 Å². The second-order valence-corrected chi connectivity index (χ2v) is 12.4. The molecule has 0 unspecified atom stereocenters. The Labute approximate surface area is 196 Å². The average Bonchev–Trinajstić information content (AvgIpc) is 2.73. The van der Waals surface area contributed by atoms with E-state index in [1.54, 1.807) is 12.1 Å². The lowest BCUT2D eigenvalue weighted by molar-refractivity contribution is -0.116. The van der Waals surface area contributed by atoms with Crippen molar-refractivity contribution >= 4 is 37.3 Å². The van der Waals surface area contributed by atoms with Crippen LogP contribution in [0.1, 0.15) is 37.3 Å². The summed E-state index contributed by atoms with van der Waals surface area (Å²) in [4.78, 5) is 13.1. The van der Waals surface area contributed by atoms with Crippen molar-refractivity contribution < 1.29 is 21.6 Å². The van der Waals surface area contributed by atoms with Gasteiger partial charge in [-0.15, -0.1) is 0 Å². The van der Waals surface area contributed by atoms with Gasteiger partial charge in [0.05, 0.1) is 16.8 Å². The van der Waals surface area contributed by atoms with Crippen LogP contribution in [0.15, 0.2) is 47.4 Å². The van der Waals surface area contributed by atoms with Crippen molar-refractivity contribution in [2.45, 2.75) is 51.0 Å². The highest BCUT2D eigenvalue weighted by atomic mass is 32.2. The molecule has 0 spiro atoms. The van der Waals surface area contributed by atoms with Crippen LogP contribution in [0.5, 0.6) is 0 Å². The van der Waals surface area contributed by atoms with Crippen molar-refractivity contribution in [1.82, 2.24) is 4.31 Å². The largest absolute Gasteiger partial charge is 0.324 e. The third-order valence-corrected chi connectivity index (χ3v) is 8.78. The van der Waals surface area contributed by atoms with Crippen LogP contribution in [0.2, 0.25) is 0 Å². The Balaban J connectivity index is 1.79. The Kier molecular flexibility index (Phi) is 7.50. The van der Waals surface area contributed by atoms with Crippen LogP contribution in [0.3, 0.4) is 0 Å². The SMILES string of the molecule is Cc1cc(C)cc(N([C@@H](C)C(=O)Nc2ccc(S(=O)(=O)N3CCCCC3)cc2)S(C)(=O)=O)c1. The molecule has 0 radical (unpaired) electrons. The minimum Gasteiger partial charge on any atom is -0.324 e. The Hall–Kier alpha value is -2.43. The number of rotatable bonds is 7. The van der Waals surface area contributed by atoms with Crippen molar-refractivity contribution in [3.05, 3.63) is 53.6 Å². The number of sulfonamides is 2. The smallest absolute Gasteiger partial charge is 0.247 e. The van der Waals surface area contributed by atoms with Crippen molar-refractivity contribution in [3.63, 3.8) is 0 Å². The molecular formula is C23H31N3O5S2. The summed E-state index contributed by atoms with van der Waals surface area (Å²) in [5.41, 5.74) is 2.58. The number of benzene rings is 2. The number of carbonyl (C=O) groups is 1. The Morgan fingerprint density at radius 2 is 1.48 bits per heavy atom. The predicted octanol–water partition coefficient (Wildman–Crippen LogP) is 3.27. The first kappa shape index (κ1) is 25.2. The molecule has 8 nitrogen and oxygen atoms in total. The zero-order valence-electron chi connectivity index (χ0n) is 19.4. The number of hydrogen-bond acceptors (Lipinski definition) is 5. The van der Waals surface area contributed by atoms with Gasteiger partial charge in [-0.1, -0.05) is 12.5 Å². The maximum absolute atomic E-state index is 12.9. The summed E-state index contributed by atoms with van der Waals surface area (Å²) in [6.45, 7) is 6.27. The quantitative estimate of drug-likeness (QED) is 0.638. The molecule has 1 aliphatic rings. The summed E-state index contributed by atoms with van der Waals surface area (Å²) in [7, 11) is -7.31. The molecule has 10 heteroatoms. The maximum Gasteiger partial charge on any atom is 0.247 e. The van der Waals surface area contributed by atoms with E-state index in [-0.39, 0.29) is 4.90 Å². The molecule has 0 bridgehead atoms.